The summed E-state index contributed by atoms with van der Waals surface area (Å²) in [5.74, 6) is 0. The molecule has 82 valence electrons. The van der Waals surface area contributed by atoms with Crippen LogP contribution in [-0.2, 0) is 11.3 Å². The lowest BCUT2D eigenvalue weighted by Crippen LogP contribution is -2.20. The molecule has 0 saturated carbocycles. The number of nitrogens with one attached hydrogen (secondary N) is 3. The molecule has 0 bridgehead atoms. The maximum atomic E-state index is 10.6. The highest BCUT2D eigenvalue weighted by Crippen LogP contribution is 2.35. The Bertz CT molecular complexity index is 415. The molecule has 1 unspecified atom stereocenters. The van der Waals surface area contributed by atoms with Crippen molar-refractivity contribution in [3.05, 3.63) is 17.2 Å². The second-order valence-corrected chi connectivity index (χ2v) is 4.82. The average Bonchev–Trinajstić information content (AvgIpc) is 2.18. The summed E-state index contributed by atoms with van der Waals surface area (Å²) in [5.41, 5.74) is 1.35. The Kier molecular flexibility index (Phi) is 3.37. The van der Waals surface area contributed by atoms with Crippen molar-refractivity contribution in [1.29, 1.82) is 0 Å². The van der Waals surface area contributed by atoms with Gasteiger partial charge in [-0.05, 0) is 24.1 Å². The van der Waals surface area contributed by atoms with Gasteiger partial charge in [-0.2, -0.15) is 0 Å². The Labute approximate surface area is 98.5 Å². The Hall–Kier alpha value is -0.470. The predicted molar refractivity (Wildman–Crippen MR) is 63.3 cm³/mol. The minimum absolute atomic E-state index is 0.408. The van der Waals surface area contributed by atoms with Gasteiger partial charge >= 0.3 is 0 Å². The molecule has 0 saturated heterocycles. The number of benzene rings is 1. The van der Waals surface area contributed by atoms with Gasteiger partial charge in [0, 0.05) is 4.90 Å². The van der Waals surface area contributed by atoms with E-state index in [0.717, 1.165) is 10.6 Å². The lowest BCUT2D eigenvalue weighted by Gasteiger charge is -2.19. The van der Waals surface area contributed by atoms with Crippen molar-refractivity contribution in [3.8, 4) is 0 Å². The van der Waals surface area contributed by atoms with Crippen molar-refractivity contribution in [2.75, 3.05) is 16.7 Å². The monoisotopic (exact) mass is 265 g/mol. The van der Waals surface area contributed by atoms with E-state index in [1.54, 1.807) is 12.1 Å². The number of halogens is 1. The van der Waals surface area contributed by atoms with Gasteiger partial charge in [-0.1, -0.05) is 11.6 Å². The largest absolute Gasteiger partial charge is 0.371 e. The molecule has 1 aromatic rings. The molecule has 1 aliphatic rings. The first-order valence-corrected chi connectivity index (χ1v) is 6.31. The van der Waals surface area contributed by atoms with Gasteiger partial charge in [-0.25, -0.2) is 8.93 Å². The maximum absolute atomic E-state index is 10.6. The third-order valence-electron chi connectivity index (χ3n) is 1.80. The Morgan fingerprint density at radius 1 is 1.60 bits per heavy atom. The summed E-state index contributed by atoms with van der Waals surface area (Å²) >= 11 is 5.26. The molecule has 0 aliphatic carbocycles. The van der Waals surface area contributed by atoms with Crippen LogP contribution in [0, 0.1) is 0 Å². The van der Waals surface area contributed by atoms with Crippen LogP contribution in [0.1, 0.15) is 0 Å². The zero-order valence-corrected chi connectivity index (χ0v) is 9.80. The predicted octanol–water partition coefficient (Wildman–Crippen LogP) is 1.87. The number of hydrogen-bond acceptors (Lipinski definition) is 4. The quantitative estimate of drug-likeness (QED) is 0.485. The molecule has 0 spiro atoms. The normalized spacial score (nSPS) is 16.4. The number of fused-ring (bicyclic) bond motifs is 1. The van der Waals surface area contributed by atoms with Crippen LogP contribution in [0.3, 0.4) is 0 Å². The highest BCUT2D eigenvalue weighted by molar-refractivity contribution is 7.97. The minimum Gasteiger partial charge on any atom is -0.371 e. The van der Waals surface area contributed by atoms with E-state index in [9.17, 15) is 4.21 Å². The summed E-state index contributed by atoms with van der Waals surface area (Å²) in [6, 6.07) is 3.44. The second kappa shape index (κ2) is 4.58. The molecule has 5 nitrogen and oxygen atoms in total. The molecular weight excluding hydrogens is 258 g/mol. The molecule has 15 heavy (non-hydrogen) atoms. The number of rotatable bonds is 2. The van der Waals surface area contributed by atoms with Crippen LogP contribution in [0.25, 0.3) is 0 Å². The standard InChI is InChI=1S/C7H8ClN3O2S2/c8-4-1-6-7(14-10-3-9-6)2-5(4)11-15(12)13/h1-2,9-11H,3H2,(H,12,13). The van der Waals surface area contributed by atoms with Gasteiger partial charge in [-0.3, -0.25) is 9.27 Å². The van der Waals surface area contributed by atoms with Crippen molar-refractivity contribution in [3.63, 3.8) is 0 Å². The van der Waals surface area contributed by atoms with Crippen molar-refractivity contribution < 1.29 is 8.76 Å². The van der Waals surface area contributed by atoms with Gasteiger partial charge in [0.15, 0.2) is 0 Å². The molecule has 4 N–H and O–H groups in total. The van der Waals surface area contributed by atoms with Crippen molar-refractivity contribution in [2.24, 2.45) is 0 Å². The van der Waals surface area contributed by atoms with E-state index in [0.29, 0.717) is 17.4 Å². The van der Waals surface area contributed by atoms with Crippen molar-refractivity contribution in [1.82, 2.24) is 4.72 Å². The van der Waals surface area contributed by atoms with Gasteiger partial charge < -0.3 is 5.32 Å². The molecule has 1 aliphatic heterocycles. The lowest BCUT2D eigenvalue weighted by molar-refractivity contribution is 0.570. The third kappa shape index (κ3) is 2.56. The fraction of sp³-hybridized carbons (Fsp3) is 0.143. The third-order valence-corrected chi connectivity index (χ3v) is 3.35. The molecule has 8 heteroatoms. The van der Waals surface area contributed by atoms with E-state index in [-0.39, 0.29) is 0 Å². The SMILES string of the molecule is O=S(O)Nc1cc2c(cc1Cl)NCNS2. The van der Waals surface area contributed by atoms with E-state index in [2.05, 4.69) is 14.8 Å². The summed E-state index contributed by atoms with van der Waals surface area (Å²) < 4.78 is 24.7. The van der Waals surface area contributed by atoms with E-state index >= 15 is 0 Å². The van der Waals surface area contributed by atoms with Crippen LogP contribution in [0.5, 0.6) is 0 Å². The van der Waals surface area contributed by atoms with Crippen LogP contribution in [0.2, 0.25) is 5.02 Å². The lowest BCUT2D eigenvalue weighted by atomic mass is 10.3. The van der Waals surface area contributed by atoms with Crippen molar-refractivity contribution >= 4 is 46.2 Å². The number of anilines is 2. The van der Waals surface area contributed by atoms with E-state index in [1.807, 2.05) is 0 Å². The van der Waals surface area contributed by atoms with E-state index in [1.165, 1.54) is 11.9 Å². The van der Waals surface area contributed by atoms with E-state index in [4.69, 9.17) is 16.2 Å². The molecule has 2 rings (SSSR count). The van der Waals surface area contributed by atoms with Crippen LogP contribution in [-0.4, -0.2) is 15.4 Å². The van der Waals surface area contributed by atoms with E-state index < -0.39 is 11.3 Å². The Balaban J connectivity index is 2.36. The highest BCUT2D eigenvalue weighted by Gasteiger charge is 2.13. The van der Waals surface area contributed by atoms with Gasteiger partial charge in [-0.15, -0.1) is 0 Å². The molecular formula is C7H8ClN3O2S2. The average molecular weight is 266 g/mol. The molecule has 0 aromatic heterocycles. The Morgan fingerprint density at radius 2 is 2.40 bits per heavy atom. The molecule has 0 amide bonds. The van der Waals surface area contributed by atoms with Gasteiger partial charge in [0.2, 0.25) is 0 Å². The molecule has 1 heterocycles. The van der Waals surface area contributed by atoms with Gasteiger partial charge in [0.05, 0.1) is 23.1 Å². The fourth-order valence-corrected chi connectivity index (χ4v) is 2.54. The summed E-state index contributed by atoms with van der Waals surface area (Å²) in [7, 11) is 0. The Morgan fingerprint density at radius 3 is 3.13 bits per heavy atom. The van der Waals surface area contributed by atoms with Crippen LogP contribution in [0.15, 0.2) is 17.0 Å². The molecule has 0 fully saturated rings. The van der Waals surface area contributed by atoms with Gasteiger partial charge in [0.1, 0.15) is 0 Å². The first-order chi connectivity index (χ1) is 7.16. The number of hydrogen-bond donors (Lipinski definition) is 4. The zero-order valence-electron chi connectivity index (χ0n) is 7.41. The molecule has 1 atom stereocenters. The first-order valence-electron chi connectivity index (χ1n) is 4.01. The maximum Gasteiger partial charge on any atom is 0.259 e. The smallest absolute Gasteiger partial charge is 0.259 e. The molecule has 0 radical (unpaired) electrons. The van der Waals surface area contributed by atoms with Crippen LogP contribution < -0.4 is 14.8 Å². The topological polar surface area (TPSA) is 73.4 Å². The fourth-order valence-electron chi connectivity index (χ4n) is 1.19. The minimum atomic E-state index is -2.11. The zero-order chi connectivity index (χ0) is 10.8. The molecule has 1 aromatic carbocycles. The first kappa shape index (κ1) is 11.0. The summed E-state index contributed by atoms with van der Waals surface area (Å²) in [6.45, 7) is 0.659. The van der Waals surface area contributed by atoms with Crippen LogP contribution in [0.4, 0.5) is 11.4 Å². The second-order valence-electron chi connectivity index (χ2n) is 2.78. The van der Waals surface area contributed by atoms with Crippen LogP contribution >= 0.6 is 23.5 Å². The summed E-state index contributed by atoms with van der Waals surface area (Å²) in [5, 5.41) is 3.51. The van der Waals surface area contributed by atoms with Crippen molar-refractivity contribution in [2.45, 2.75) is 4.90 Å². The van der Waals surface area contributed by atoms with Gasteiger partial charge in [0.25, 0.3) is 11.3 Å². The summed E-state index contributed by atoms with van der Waals surface area (Å²) in [6.07, 6.45) is 0. The highest BCUT2D eigenvalue weighted by atomic mass is 35.5. The summed E-state index contributed by atoms with van der Waals surface area (Å²) in [4.78, 5) is 0.929.